The number of rotatable bonds is 4. The summed E-state index contributed by atoms with van der Waals surface area (Å²) in [4.78, 5) is 2.50. The highest BCUT2D eigenvalue weighted by Gasteiger charge is 2.24. The summed E-state index contributed by atoms with van der Waals surface area (Å²) in [6.45, 7) is 10.1. The first-order valence-electron chi connectivity index (χ1n) is 5.61. The Labute approximate surface area is 82.3 Å². The van der Waals surface area contributed by atoms with Gasteiger partial charge in [0.25, 0.3) is 0 Å². The SMILES string of the molecule is CCCCN1CCCOC1C(C)C. The van der Waals surface area contributed by atoms with Crippen molar-refractivity contribution >= 4 is 0 Å². The summed E-state index contributed by atoms with van der Waals surface area (Å²) in [7, 11) is 0. The summed E-state index contributed by atoms with van der Waals surface area (Å²) in [5, 5.41) is 0. The molecule has 0 spiro atoms. The highest BCUT2D eigenvalue weighted by atomic mass is 16.5. The van der Waals surface area contributed by atoms with Crippen molar-refractivity contribution in [3.05, 3.63) is 0 Å². The highest BCUT2D eigenvalue weighted by molar-refractivity contribution is 4.70. The third kappa shape index (κ3) is 3.28. The molecule has 1 saturated heterocycles. The number of hydrogen-bond acceptors (Lipinski definition) is 2. The van der Waals surface area contributed by atoms with Crippen LogP contribution >= 0.6 is 0 Å². The summed E-state index contributed by atoms with van der Waals surface area (Å²) < 4.78 is 5.77. The lowest BCUT2D eigenvalue weighted by atomic mass is 10.1. The molecule has 2 heteroatoms. The van der Waals surface area contributed by atoms with Crippen molar-refractivity contribution in [2.24, 2.45) is 5.92 Å². The predicted molar refractivity (Wildman–Crippen MR) is 55.7 cm³/mol. The molecule has 0 radical (unpaired) electrons. The van der Waals surface area contributed by atoms with Gasteiger partial charge in [-0.25, -0.2) is 0 Å². The molecule has 1 atom stereocenters. The lowest BCUT2D eigenvalue weighted by Crippen LogP contribution is -2.46. The van der Waals surface area contributed by atoms with Gasteiger partial charge >= 0.3 is 0 Å². The smallest absolute Gasteiger partial charge is 0.112 e. The Morgan fingerprint density at radius 1 is 1.46 bits per heavy atom. The van der Waals surface area contributed by atoms with Gasteiger partial charge < -0.3 is 4.74 Å². The summed E-state index contributed by atoms with van der Waals surface area (Å²) >= 11 is 0. The van der Waals surface area contributed by atoms with E-state index in [1.54, 1.807) is 0 Å². The molecular weight excluding hydrogens is 162 g/mol. The van der Waals surface area contributed by atoms with Crippen molar-refractivity contribution in [2.45, 2.75) is 46.3 Å². The number of unbranched alkanes of at least 4 members (excludes halogenated alkanes) is 1. The average Bonchev–Trinajstić information content (AvgIpc) is 2.15. The molecule has 0 aromatic rings. The first kappa shape index (κ1) is 11.0. The van der Waals surface area contributed by atoms with E-state index in [4.69, 9.17) is 4.74 Å². The van der Waals surface area contributed by atoms with Crippen LogP contribution in [0.25, 0.3) is 0 Å². The second-order valence-corrected chi connectivity index (χ2v) is 4.25. The van der Waals surface area contributed by atoms with Crippen LogP contribution < -0.4 is 0 Å². The van der Waals surface area contributed by atoms with Gasteiger partial charge in [-0.2, -0.15) is 0 Å². The van der Waals surface area contributed by atoms with Crippen molar-refractivity contribution < 1.29 is 4.74 Å². The van der Waals surface area contributed by atoms with Crippen LogP contribution in [0.2, 0.25) is 0 Å². The van der Waals surface area contributed by atoms with Gasteiger partial charge in [-0.3, -0.25) is 4.90 Å². The van der Waals surface area contributed by atoms with Gasteiger partial charge in [0, 0.05) is 19.7 Å². The second kappa shape index (κ2) is 5.61. The topological polar surface area (TPSA) is 12.5 Å². The Balaban J connectivity index is 2.37. The monoisotopic (exact) mass is 185 g/mol. The number of nitrogens with zero attached hydrogens (tertiary/aromatic N) is 1. The first-order chi connectivity index (χ1) is 6.25. The predicted octanol–water partition coefficient (Wildman–Crippen LogP) is 2.49. The fourth-order valence-electron chi connectivity index (χ4n) is 1.92. The van der Waals surface area contributed by atoms with E-state index in [9.17, 15) is 0 Å². The Morgan fingerprint density at radius 3 is 2.85 bits per heavy atom. The Hall–Kier alpha value is -0.0800. The molecule has 0 aromatic heterocycles. The summed E-state index contributed by atoms with van der Waals surface area (Å²) in [6.07, 6.45) is 4.15. The van der Waals surface area contributed by atoms with E-state index in [0.29, 0.717) is 12.1 Å². The molecule has 1 fully saturated rings. The zero-order valence-electron chi connectivity index (χ0n) is 9.25. The van der Waals surface area contributed by atoms with Crippen molar-refractivity contribution in [1.82, 2.24) is 4.90 Å². The van der Waals surface area contributed by atoms with Gasteiger partial charge in [-0.05, 0) is 18.8 Å². The van der Waals surface area contributed by atoms with Gasteiger partial charge in [0.2, 0.25) is 0 Å². The molecular formula is C11H23NO. The van der Waals surface area contributed by atoms with Crippen LogP contribution in [0.5, 0.6) is 0 Å². The maximum absolute atomic E-state index is 5.77. The van der Waals surface area contributed by atoms with E-state index in [2.05, 4.69) is 25.7 Å². The molecule has 1 aliphatic rings. The van der Waals surface area contributed by atoms with Crippen molar-refractivity contribution in [3.8, 4) is 0 Å². The van der Waals surface area contributed by atoms with Crippen LogP contribution in [0.4, 0.5) is 0 Å². The van der Waals surface area contributed by atoms with E-state index >= 15 is 0 Å². The molecule has 0 aromatic carbocycles. The Kier molecular flexibility index (Phi) is 4.74. The van der Waals surface area contributed by atoms with E-state index in [1.807, 2.05) is 0 Å². The lowest BCUT2D eigenvalue weighted by Gasteiger charge is -2.37. The first-order valence-corrected chi connectivity index (χ1v) is 5.61. The van der Waals surface area contributed by atoms with Crippen molar-refractivity contribution in [2.75, 3.05) is 19.7 Å². The van der Waals surface area contributed by atoms with Crippen LogP contribution in [0.1, 0.15) is 40.0 Å². The van der Waals surface area contributed by atoms with Crippen LogP contribution in [-0.2, 0) is 4.74 Å². The summed E-state index contributed by atoms with van der Waals surface area (Å²) in [6, 6.07) is 0. The molecule has 13 heavy (non-hydrogen) atoms. The fourth-order valence-corrected chi connectivity index (χ4v) is 1.92. The maximum Gasteiger partial charge on any atom is 0.112 e. The van der Waals surface area contributed by atoms with E-state index < -0.39 is 0 Å². The third-order valence-corrected chi connectivity index (χ3v) is 2.61. The number of hydrogen-bond donors (Lipinski definition) is 0. The molecule has 0 N–H and O–H groups in total. The quantitative estimate of drug-likeness (QED) is 0.667. The van der Waals surface area contributed by atoms with Gasteiger partial charge in [-0.1, -0.05) is 27.2 Å². The molecule has 2 nitrogen and oxygen atoms in total. The second-order valence-electron chi connectivity index (χ2n) is 4.25. The maximum atomic E-state index is 5.77. The minimum Gasteiger partial charge on any atom is -0.363 e. The Bertz CT molecular complexity index is 136. The molecule has 0 bridgehead atoms. The minimum absolute atomic E-state index is 0.375. The molecule has 1 rings (SSSR count). The Morgan fingerprint density at radius 2 is 2.23 bits per heavy atom. The van der Waals surface area contributed by atoms with E-state index in [1.165, 1.54) is 32.4 Å². The molecule has 1 unspecified atom stereocenters. The largest absolute Gasteiger partial charge is 0.363 e. The van der Waals surface area contributed by atoms with Gasteiger partial charge in [0.05, 0.1) is 0 Å². The van der Waals surface area contributed by atoms with Crippen molar-refractivity contribution in [3.63, 3.8) is 0 Å². The normalized spacial score (nSPS) is 25.4. The van der Waals surface area contributed by atoms with E-state index in [0.717, 1.165) is 6.61 Å². The molecule has 1 heterocycles. The van der Waals surface area contributed by atoms with Gasteiger partial charge in [0.15, 0.2) is 0 Å². The van der Waals surface area contributed by atoms with Crippen LogP contribution in [0.15, 0.2) is 0 Å². The van der Waals surface area contributed by atoms with Gasteiger partial charge in [0.1, 0.15) is 6.23 Å². The lowest BCUT2D eigenvalue weighted by molar-refractivity contribution is -0.119. The van der Waals surface area contributed by atoms with Crippen LogP contribution in [0.3, 0.4) is 0 Å². The molecule has 0 aliphatic carbocycles. The minimum atomic E-state index is 0.375. The zero-order valence-corrected chi connectivity index (χ0v) is 9.25. The molecule has 0 amide bonds. The third-order valence-electron chi connectivity index (χ3n) is 2.61. The van der Waals surface area contributed by atoms with Gasteiger partial charge in [-0.15, -0.1) is 0 Å². The summed E-state index contributed by atoms with van der Waals surface area (Å²) in [5.74, 6) is 0.622. The highest BCUT2D eigenvalue weighted by Crippen LogP contribution is 2.17. The summed E-state index contributed by atoms with van der Waals surface area (Å²) in [5.41, 5.74) is 0. The molecule has 78 valence electrons. The molecule has 1 aliphatic heterocycles. The van der Waals surface area contributed by atoms with Crippen LogP contribution in [0, 0.1) is 5.92 Å². The zero-order chi connectivity index (χ0) is 9.68. The van der Waals surface area contributed by atoms with Crippen LogP contribution in [-0.4, -0.2) is 30.8 Å². The van der Waals surface area contributed by atoms with E-state index in [-0.39, 0.29) is 0 Å². The number of ether oxygens (including phenoxy) is 1. The molecule has 0 saturated carbocycles. The van der Waals surface area contributed by atoms with Crippen molar-refractivity contribution in [1.29, 1.82) is 0 Å². The fraction of sp³-hybridized carbons (Fsp3) is 1.00. The average molecular weight is 185 g/mol. The standard InChI is InChI=1S/C11H23NO/c1-4-5-7-12-8-6-9-13-11(12)10(2)3/h10-11H,4-9H2,1-3H3.